The quantitative estimate of drug-likeness (QED) is 0.152. The van der Waals surface area contributed by atoms with Crippen LogP contribution in [0.5, 0.6) is 0 Å². The molecule has 0 radical (unpaired) electrons. The molecule has 6 heteroatoms. The first-order chi connectivity index (χ1) is 17.1. The van der Waals surface area contributed by atoms with Crippen LogP contribution in [-0.2, 0) is 0 Å². The number of carbonyl (C=O) groups is 2. The van der Waals surface area contributed by atoms with Gasteiger partial charge in [-0.25, -0.2) is 5.43 Å². The molecular formula is C29H20BrN3O2. The molecule has 0 aliphatic heterocycles. The summed E-state index contributed by atoms with van der Waals surface area (Å²) in [6, 6.07) is 32.3. The van der Waals surface area contributed by atoms with E-state index in [1.807, 2.05) is 42.5 Å². The largest absolute Gasteiger partial charge is 0.321 e. The second kappa shape index (κ2) is 9.91. The van der Waals surface area contributed by atoms with E-state index in [-0.39, 0.29) is 5.91 Å². The second-order valence-corrected chi connectivity index (χ2v) is 8.77. The van der Waals surface area contributed by atoms with Gasteiger partial charge < -0.3 is 5.32 Å². The summed E-state index contributed by atoms with van der Waals surface area (Å²) >= 11 is 3.39. The highest BCUT2D eigenvalue weighted by molar-refractivity contribution is 9.10. The molecule has 0 aliphatic rings. The van der Waals surface area contributed by atoms with E-state index in [4.69, 9.17) is 0 Å². The summed E-state index contributed by atoms with van der Waals surface area (Å²) in [5.74, 6) is -0.739. The summed E-state index contributed by atoms with van der Waals surface area (Å²) < 4.78 is 0.673. The first-order valence-corrected chi connectivity index (χ1v) is 11.8. The Hall–Kier alpha value is -4.29. The van der Waals surface area contributed by atoms with Crippen LogP contribution in [0, 0.1) is 0 Å². The molecule has 0 aromatic heterocycles. The van der Waals surface area contributed by atoms with Gasteiger partial charge in [0.05, 0.1) is 23.0 Å². The smallest absolute Gasteiger partial charge is 0.273 e. The fourth-order valence-corrected chi connectivity index (χ4v) is 4.49. The maximum absolute atomic E-state index is 13.0. The van der Waals surface area contributed by atoms with Gasteiger partial charge in [0.2, 0.25) is 0 Å². The van der Waals surface area contributed by atoms with Gasteiger partial charge in [0.25, 0.3) is 11.8 Å². The van der Waals surface area contributed by atoms with Crippen molar-refractivity contribution >= 4 is 61.2 Å². The molecule has 0 bridgehead atoms. The van der Waals surface area contributed by atoms with Crippen LogP contribution >= 0.6 is 15.9 Å². The molecule has 5 nitrogen and oxygen atoms in total. The van der Waals surface area contributed by atoms with Crippen molar-refractivity contribution in [3.63, 3.8) is 0 Å². The number of halogens is 1. The number of benzene rings is 5. The predicted octanol–water partition coefficient (Wildman–Crippen LogP) is 6.77. The Labute approximate surface area is 210 Å². The molecule has 0 saturated carbocycles. The second-order valence-electron chi connectivity index (χ2n) is 7.91. The monoisotopic (exact) mass is 521 g/mol. The van der Waals surface area contributed by atoms with Crippen molar-refractivity contribution in [2.75, 3.05) is 5.32 Å². The minimum atomic E-state index is -0.422. The molecule has 35 heavy (non-hydrogen) atoms. The van der Waals surface area contributed by atoms with Gasteiger partial charge in [-0.3, -0.25) is 9.59 Å². The third kappa shape index (κ3) is 4.69. The fourth-order valence-electron chi connectivity index (χ4n) is 4.03. The Morgan fingerprint density at radius 2 is 1.26 bits per heavy atom. The van der Waals surface area contributed by atoms with Gasteiger partial charge in [0, 0.05) is 10.0 Å². The zero-order valence-corrected chi connectivity index (χ0v) is 20.1. The molecule has 2 amide bonds. The summed E-state index contributed by atoms with van der Waals surface area (Å²) in [7, 11) is 0. The van der Waals surface area contributed by atoms with E-state index in [1.54, 1.807) is 48.7 Å². The van der Waals surface area contributed by atoms with Gasteiger partial charge in [-0.05, 0) is 67.8 Å². The SMILES string of the molecule is O=C(Nc1ccccc1C(=O)N/N=C/c1c2ccccc2cc2ccccc12)c1ccccc1Br. The molecule has 0 heterocycles. The van der Waals surface area contributed by atoms with E-state index in [1.165, 1.54) is 0 Å². The standard InChI is InChI=1S/C29H20BrN3O2/c30-26-15-7-5-13-23(26)28(34)32-27-16-8-6-14-24(27)29(35)33-31-18-25-21-11-3-1-9-19(21)17-20-10-2-4-12-22(20)25/h1-18H,(H,32,34)(H,33,35)/b31-18+. The summed E-state index contributed by atoms with van der Waals surface area (Å²) in [4.78, 5) is 25.7. The lowest BCUT2D eigenvalue weighted by molar-refractivity contribution is 0.0956. The van der Waals surface area contributed by atoms with Crippen LogP contribution in [0.2, 0.25) is 0 Å². The average molecular weight is 522 g/mol. The predicted molar refractivity (Wildman–Crippen MR) is 145 cm³/mol. The number of anilines is 1. The zero-order valence-electron chi connectivity index (χ0n) is 18.5. The molecule has 0 saturated heterocycles. The van der Waals surface area contributed by atoms with Crippen LogP contribution in [0.4, 0.5) is 5.69 Å². The number of hydrogen-bond acceptors (Lipinski definition) is 3. The normalized spacial score (nSPS) is 11.1. The van der Waals surface area contributed by atoms with Crippen molar-refractivity contribution in [3.05, 3.63) is 124 Å². The molecule has 2 N–H and O–H groups in total. The topological polar surface area (TPSA) is 70.6 Å². The van der Waals surface area contributed by atoms with E-state index < -0.39 is 5.91 Å². The Morgan fingerprint density at radius 1 is 0.686 bits per heavy atom. The van der Waals surface area contributed by atoms with Gasteiger partial charge in [0.1, 0.15) is 0 Å². The van der Waals surface area contributed by atoms with E-state index in [2.05, 4.69) is 50.0 Å². The number of nitrogens with zero attached hydrogens (tertiary/aromatic N) is 1. The van der Waals surface area contributed by atoms with Gasteiger partial charge in [-0.1, -0.05) is 72.8 Å². The van der Waals surface area contributed by atoms with E-state index in [0.29, 0.717) is 21.3 Å². The van der Waals surface area contributed by atoms with Crippen molar-refractivity contribution in [2.24, 2.45) is 5.10 Å². The first kappa shape index (κ1) is 22.5. The number of fused-ring (bicyclic) bond motifs is 2. The number of amides is 2. The Kier molecular flexibility index (Phi) is 6.37. The molecule has 0 spiro atoms. The van der Waals surface area contributed by atoms with Crippen molar-refractivity contribution in [1.82, 2.24) is 5.43 Å². The zero-order chi connectivity index (χ0) is 24.2. The van der Waals surface area contributed by atoms with E-state index in [9.17, 15) is 9.59 Å². The summed E-state index contributed by atoms with van der Waals surface area (Å²) in [5, 5.41) is 11.4. The Balaban J connectivity index is 1.41. The molecule has 5 aromatic carbocycles. The minimum Gasteiger partial charge on any atom is -0.321 e. The lowest BCUT2D eigenvalue weighted by Gasteiger charge is -2.11. The molecular weight excluding hydrogens is 502 g/mol. The summed E-state index contributed by atoms with van der Waals surface area (Å²) in [5.41, 5.74) is 4.72. The number of para-hydroxylation sites is 1. The number of nitrogens with one attached hydrogen (secondary N) is 2. The van der Waals surface area contributed by atoms with Crippen LogP contribution < -0.4 is 10.7 Å². The highest BCUT2D eigenvalue weighted by atomic mass is 79.9. The highest BCUT2D eigenvalue weighted by Crippen LogP contribution is 2.27. The van der Waals surface area contributed by atoms with Gasteiger partial charge in [-0.15, -0.1) is 0 Å². The van der Waals surface area contributed by atoms with Crippen molar-refractivity contribution in [1.29, 1.82) is 0 Å². The van der Waals surface area contributed by atoms with Gasteiger partial charge in [0.15, 0.2) is 0 Å². The number of hydrazone groups is 1. The first-order valence-electron chi connectivity index (χ1n) is 11.0. The molecule has 5 aromatic rings. The molecule has 0 aliphatic carbocycles. The van der Waals surface area contributed by atoms with Crippen LogP contribution in [-0.4, -0.2) is 18.0 Å². The molecule has 0 atom stereocenters. The lowest BCUT2D eigenvalue weighted by Crippen LogP contribution is -2.21. The van der Waals surface area contributed by atoms with E-state index >= 15 is 0 Å². The Morgan fingerprint density at radius 3 is 1.94 bits per heavy atom. The average Bonchev–Trinajstić information content (AvgIpc) is 2.88. The van der Waals surface area contributed by atoms with Gasteiger partial charge in [-0.2, -0.15) is 5.10 Å². The number of hydrogen-bond donors (Lipinski definition) is 2. The molecule has 0 fully saturated rings. The van der Waals surface area contributed by atoms with Crippen molar-refractivity contribution in [3.8, 4) is 0 Å². The lowest BCUT2D eigenvalue weighted by atomic mass is 9.97. The number of carbonyl (C=O) groups excluding carboxylic acids is 2. The molecule has 0 unspecified atom stereocenters. The van der Waals surface area contributed by atoms with Crippen LogP contribution in [0.1, 0.15) is 26.3 Å². The van der Waals surface area contributed by atoms with Crippen molar-refractivity contribution < 1.29 is 9.59 Å². The molecule has 5 rings (SSSR count). The highest BCUT2D eigenvalue weighted by Gasteiger charge is 2.15. The van der Waals surface area contributed by atoms with Gasteiger partial charge >= 0.3 is 0 Å². The third-order valence-corrected chi connectivity index (χ3v) is 6.40. The van der Waals surface area contributed by atoms with Crippen LogP contribution in [0.3, 0.4) is 0 Å². The number of rotatable bonds is 5. The molecule has 170 valence electrons. The summed E-state index contributed by atoms with van der Waals surface area (Å²) in [6.45, 7) is 0. The maximum atomic E-state index is 13.0. The van der Waals surface area contributed by atoms with Crippen LogP contribution in [0.15, 0.2) is 113 Å². The van der Waals surface area contributed by atoms with Crippen molar-refractivity contribution in [2.45, 2.75) is 0 Å². The maximum Gasteiger partial charge on any atom is 0.273 e. The minimum absolute atomic E-state index is 0.313. The third-order valence-electron chi connectivity index (χ3n) is 5.71. The van der Waals surface area contributed by atoms with Crippen LogP contribution in [0.25, 0.3) is 21.5 Å². The fraction of sp³-hybridized carbons (Fsp3) is 0. The summed E-state index contributed by atoms with van der Waals surface area (Å²) in [6.07, 6.45) is 1.67. The van der Waals surface area contributed by atoms with E-state index in [0.717, 1.165) is 27.1 Å². The Bertz CT molecular complexity index is 1560.